The first kappa shape index (κ1) is 12.6. The number of hydrogen-bond donors (Lipinski definition) is 3. The number of aliphatic hydroxyl groups is 3. The van der Waals surface area contributed by atoms with Crippen molar-refractivity contribution < 1.29 is 33.1 Å². The molecule has 0 aromatic rings. The summed E-state index contributed by atoms with van der Waals surface area (Å²) in [5.41, 5.74) is -4.50. The number of Topliss-reactive ketones (excluding diaryl/α,β-unsaturated/α-hetero) is 2. The van der Waals surface area contributed by atoms with Gasteiger partial charge in [0, 0.05) is 23.2 Å². The van der Waals surface area contributed by atoms with Crippen LogP contribution in [-0.2, 0) is 9.59 Å². The molecule has 4 aliphatic rings. The molecule has 4 rings (SSSR count). The molecule has 0 aromatic heterocycles. The molecule has 0 heterocycles. The molecule has 0 unspecified atom stereocenters. The quantitative estimate of drug-likeness (QED) is 0.690. The van der Waals surface area contributed by atoms with E-state index in [2.05, 4.69) is 0 Å². The van der Waals surface area contributed by atoms with E-state index in [0.29, 0.717) is 19.3 Å². The molecule has 0 saturated heterocycles. The molecule has 0 aromatic carbocycles. The second-order valence-electron chi connectivity index (χ2n) is 9.23. The van der Waals surface area contributed by atoms with Crippen LogP contribution in [0.1, 0.15) is 73.3 Å². The Bertz CT molecular complexity index is 858. The van der Waals surface area contributed by atoms with Gasteiger partial charge < -0.3 is 15.3 Å². The van der Waals surface area contributed by atoms with Crippen LogP contribution in [0.4, 0.5) is 0 Å². The van der Waals surface area contributed by atoms with Gasteiger partial charge in [-0.3, -0.25) is 9.59 Å². The molecule has 26 heavy (non-hydrogen) atoms. The number of carbonyl (C=O) groups is 2. The van der Waals surface area contributed by atoms with Crippen molar-refractivity contribution in [2.24, 2.45) is 34.5 Å². The summed E-state index contributed by atoms with van der Waals surface area (Å²) in [6.07, 6.45) is -5.56. The Morgan fingerprint density at radius 3 is 2.73 bits per heavy atom. The van der Waals surface area contributed by atoms with E-state index in [9.17, 15) is 24.9 Å². The second kappa shape index (κ2) is 5.86. The maximum Gasteiger partial charge on any atom is 0.190 e. The number of rotatable bonds is 2. The van der Waals surface area contributed by atoms with Crippen molar-refractivity contribution in [2.75, 3.05) is 6.56 Å². The smallest absolute Gasteiger partial charge is 0.190 e. The highest BCUT2D eigenvalue weighted by atomic mass is 16.3. The molecule has 8 atom stereocenters. The fourth-order valence-corrected chi connectivity index (χ4v) is 6.85. The van der Waals surface area contributed by atoms with Crippen molar-refractivity contribution in [2.45, 2.75) is 76.8 Å². The molecule has 0 radical (unpaired) electrons. The van der Waals surface area contributed by atoms with Gasteiger partial charge in [0.2, 0.25) is 0 Å². The number of fused-ring (bicyclic) bond motifs is 5. The minimum atomic E-state index is -3.23. The molecular weight excluding hydrogens is 332 g/mol. The van der Waals surface area contributed by atoms with Crippen LogP contribution >= 0.6 is 0 Å². The van der Waals surface area contributed by atoms with Crippen LogP contribution in [0, 0.1) is 34.5 Å². The lowest BCUT2D eigenvalue weighted by Crippen LogP contribution is -2.62. The molecule has 146 valence electrons. The van der Waals surface area contributed by atoms with Gasteiger partial charge in [-0.2, -0.15) is 0 Å². The average Bonchev–Trinajstić information content (AvgIpc) is 2.89. The van der Waals surface area contributed by atoms with E-state index in [0.717, 1.165) is 0 Å². The maximum atomic E-state index is 13.6. The molecule has 0 amide bonds. The highest BCUT2D eigenvalue weighted by Gasteiger charge is 2.68. The third kappa shape index (κ3) is 2.20. The molecule has 3 N–H and O–H groups in total. The molecule has 0 bridgehead atoms. The summed E-state index contributed by atoms with van der Waals surface area (Å²) in [5.74, 6) is -3.68. The summed E-state index contributed by atoms with van der Waals surface area (Å²) in [7, 11) is 0. The first-order chi connectivity index (χ1) is 14.3. The minimum Gasteiger partial charge on any atom is -0.393 e. The molecule has 0 aliphatic heterocycles. The van der Waals surface area contributed by atoms with Crippen LogP contribution in [0.15, 0.2) is 0 Å². The van der Waals surface area contributed by atoms with Crippen LogP contribution in [0.25, 0.3) is 0 Å². The van der Waals surface area contributed by atoms with Crippen LogP contribution in [0.5, 0.6) is 0 Å². The summed E-state index contributed by atoms with van der Waals surface area (Å²) in [6.45, 7) is 0.0943. The summed E-state index contributed by atoms with van der Waals surface area (Å²) in [4.78, 5) is 26.3. The van der Waals surface area contributed by atoms with Crippen molar-refractivity contribution in [3.8, 4) is 0 Å². The molecule has 5 heteroatoms. The number of ketones is 2. The Morgan fingerprint density at radius 2 is 2.04 bits per heavy atom. The van der Waals surface area contributed by atoms with Crippen molar-refractivity contribution in [3.05, 3.63) is 0 Å². The zero-order valence-electron chi connectivity index (χ0n) is 21.3. The lowest BCUT2D eigenvalue weighted by Gasteiger charge is -2.60. The van der Waals surface area contributed by atoms with Crippen LogP contribution < -0.4 is 0 Å². The van der Waals surface area contributed by atoms with Gasteiger partial charge in [-0.1, -0.05) is 13.8 Å². The van der Waals surface area contributed by atoms with E-state index in [1.54, 1.807) is 13.8 Å². The zero-order chi connectivity index (χ0) is 24.3. The zero-order valence-corrected chi connectivity index (χ0v) is 15.3. The summed E-state index contributed by atoms with van der Waals surface area (Å²) < 4.78 is 48.4. The average molecular weight is 371 g/mol. The first-order valence-electron chi connectivity index (χ1n) is 12.5. The molecule has 4 fully saturated rings. The summed E-state index contributed by atoms with van der Waals surface area (Å²) >= 11 is 0. The maximum absolute atomic E-state index is 13.6. The predicted octanol–water partition coefficient (Wildman–Crippen LogP) is 1.86. The van der Waals surface area contributed by atoms with Crippen LogP contribution in [-0.4, -0.2) is 45.2 Å². The molecule has 4 saturated carbocycles. The van der Waals surface area contributed by atoms with Gasteiger partial charge in [-0.15, -0.1) is 0 Å². The SMILES string of the molecule is [2H]C([2H])(O)C(=O)[C@@]1(O)CC[C@H]2[C@@H]3CC[C@@H]4C([2H])([2H])[C@H](O)C([2H])([2H])C[C@]4(C)[C@H]3C(=O)C[C@@]21C. The largest absolute Gasteiger partial charge is 0.393 e. The van der Waals surface area contributed by atoms with Crippen molar-refractivity contribution in [3.63, 3.8) is 0 Å². The normalized spacial score (nSPS) is 61.4. The Kier molecular flexibility index (Phi) is 2.85. The number of carbonyl (C=O) groups excluding carboxylic acids is 2. The highest BCUT2D eigenvalue weighted by Crippen LogP contribution is 2.67. The first-order valence-corrected chi connectivity index (χ1v) is 9.54. The lowest BCUT2D eigenvalue weighted by atomic mass is 9.44. The van der Waals surface area contributed by atoms with Crippen molar-refractivity contribution in [1.82, 2.24) is 0 Å². The van der Waals surface area contributed by atoms with Crippen molar-refractivity contribution >= 4 is 11.6 Å². The monoisotopic (exact) mass is 370 g/mol. The van der Waals surface area contributed by atoms with Gasteiger partial charge in [0.05, 0.1) is 8.85 Å². The standard InChI is InChI=1S/C21H32O5/c1-19-7-5-13(23)9-12(19)3-4-14-15-6-8-21(26,17(25)11-22)20(15,2)10-16(24)18(14)19/h12-15,18,22-23,26H,3-11H2,1-2H3/t12-,13-,14+,15+,18-,19+,20+,21+/m1/s1/i5D2,9D2,11D2. The highest BCUT2D eigenvalue weighted by molar-refractivity contribution is 5.92. The Labute approximate surface area is 163 Å². The predicted molar refractivity (Wildman–Crippen MR) is 95.2 cm³/mol. The number of hydrogen-bond acceptors (Lipinski definition) is 5. The summed E-state index contributed by atoms with van der Waals surface area (Å²) in [5, 5.41) is 31.4. The Hall–Kier alpha value is -0.780. The third-order valence-electron chi connectivity index (χ3n) is 8.22. The molecule has 4 aliphatic carbocycles. The van der Waals surface area contributed by atoms with Crippen LogP contribution in [0.2, 0.25) is 0 Å². The van der Waals surface area contributed by atoms with Crippen molar-refractivity contribution in [1.29, 1.82) is 0 Å². The lowest BCUT2D eigenvalue weighted by molar-refractivity contribution is -0.180. The summed E-state index contributed by atoms with van der Waals surface area (Å²) in [6, 6.07) is 0. The number of aliphatic hydroxyl groups excluding tert-OH is 1. The Morgan fingerprint density at radius 1 is 1.31 bits per heavy atom. The van der Waals surface area contributed by atoms with Gasteiger partial charge in [-0.05, 0) is 68.0 Å². The van der Waals surface area contributed by atoms with E-state index in [1.165, 1.54) is 0 Å². The molecular formula is C21H32O5. The fourth-order valence-electron chi connectivity index (χ4n) is 6.85. The fraction of sp³-hybridized carbons (Fsp3) is 0.905. The van der Waals surface area contributed by atoms with Gasteiger partial charge in [0.15, 0.2) is 5.78 Å². The van der Waals surface area contributed by atoms with Gasteiger partial charge in [-0.25, -0.2) is 0 Å². The van der Waals surface area contributed by atoms with E-state index in [4.69, 9.17) is 8.22 Å². The van der Waals surface area contributed by atoms with E-state index in [1.807, 2.05) is 0 Å². The van der Waals surface area contributed by atoms with E-state index < -0.39 is 59.5 Å². The van der Waals surface area contributed by atoms with Crippen LogP contribution in [0.3, 0.4) is 0 Å². The molecule has 0 spiro atoms. The topological polar surface area (TPSA) is 94.8 Å². The third-order valence-corrected chi connectivity index (χ3v) is 8.22. The van der Waals surface area contributed by atoms with E-state index in [-0.39, 0.29) is 36.9 Å². The van der Waals surface area contributed by atoms with Gasteiger partial charge in [0.1, 0.15) is 17.9 Å². The Balaban J connectivity index is 1.76. The van der Waals surface area contributed by atoms with E-state index >= 15 is 0 Å². The van der Waals surface area contributed by atoms with Gasteiger partial charge >= 0.3 is 0 Å². The molecule has 5 nitrogen and oxygen atoms in total. The second-order valence-corrected chi connectivity index (χ2v) is 9.23. The minimum absolute atomic E-state index is 0.0793. The van der Waals surface area contributed by atoms with Gasteiger partial charge in [0.25, 0.3) is 0 Å².